The van der Waals surface area contributed by atoms with E-state index in [0.717, 1.165) is 25.7 Å². The summed E-state index contributed by atoms with van der Waals surface area (Å²) in [5.74, 6) is 0. The molecule has 4 heteroatoms. The second-order valence-electron chi connectivity index (χ2n) is 4.33. The first-order valence-electron chi connectivity index (χ1n) is 5.88. The number of hydrogen-bond donors (Lipinski definition) is 0. The van der Waals surface area contributed by atoms with Crippen LogP contribution in [0.1, 0.15) is 0 Å². The Morgan fingerprint density at radius 3 is 2.58 bits per heavy atom. The summed E-state index contributed by atoms with van der Waals surface area (Å²) in [5.41, 5.74) is 2.39. The molecule has 0 bridgehead atoms. The molecule has 0 amide bonds. The number of hydrogen-bond acceptors (Lipinski definition) is 2. The molecule has 0 N–H and O–H groups in total. The Bertz CT molecular complexity index is 809. The molecule has 0 radical (unpaired) electrons. The number of rotatable bonds is 1. The molecule has 3 nitrogen and oxygen atoms in total. The van der Waals surface area contributed by atoms with E-state index in [1.807, 2.05) is 42.5 Å². The minimum atomic E-state index is -0.229. The Kier molecular flexibility index (Phi) is 3.10. The monoisotopic (exact) mass is 362 g/mol. The highest BCUT2D eigenvalue weighted by molar-refractivity contribution is 14.1. The van der Waals surface area contributed by atoms with Crippen LogP contribution < -0.4 is 5.69 Å². The Morgan fingerprint density at radius 2 is 1.84 bits per heavy atom. The molecule has 1 aromatic heterocycles. The molecule has 0 saturated heterocycles. The number of fused-ring (bicyclic) bond motifs is 1. The third-order valence-corrected chi connectivity index (χ3v) is 3.79. The smallest absolute Gasteiger partial charge is 0.295 e. The third kappa shape index (κ3) is 2.16. The van der Waals surface area contributed by atoms with Crippen molar-refractivity contribution in [2.45, 2.75) is 0 Å². The van der Waals surface area contributed by atoms with Crippen molar-refractivity contribution in [3.8, 4) is 11.3 Å². The summed E-state index contributed by atoms with van der Waals surface area (Å²) in [6, 6.07) is 15.8. The molecular formula is C15H11IN2O. The molecule has 0 spiro atoms. The first-order chi connectivity index (χ1) is 9.16. The van der Waals surface area contributed by atoms with Crippen LogP contribution in [0.25, 0.3) is 22.2 Å². The second-order valence-corrected chi connectivity index (χ2v) is 5.58. The van der Waals surface area contributed by atoms with Crippen molar-refractivity contribution in [1.29, 1.82) is 0 Å². The van der Waals surface area contributed by atoms with Gasteiger partial charge in [0.2, 0.25) is 0 Å². The van der Waals surface area contributed by atoms with Gasteiger partial charge in [-0.1, -0.05) is 30.3 Å². The van der Waals surface area contributed by atoms with Crippen molar-refractivity contribution in [1.82, 2.24) is 9.55 Å². The van der Waals surface area contributed by atoms with Gasteiger partial charge in [-0.3, -0.25) is 4.57 Å². The highest BCUT2D eigenvalue weighted by Gasteiger charge is 2.10. The van der Waals surface area contributed by atoms with Crippen LogP contribution in [0.5, 0.6) is 0 Å². The molecule has 94 valence electrons. The van der Waals surface area contributed by atoms with Gasteiger partial charge in [-0.25, -0.2) is 4.79 Å². The lowest BCUT2D eigenvalue weighted by Gasteiger charge is -2.09. The molecule has 0 aliphatic heterocycles. The highest BCUT2D eigenvalue weighted by Crippen LogP contribution is 2.26. The van der Waals surface area contributed by atoms with Crippen molar-refractivity contribution in [2.24, 2.45) is 7.05 Å². The van der Waals surface area contributed by atoms with E-state index in [1.165, 1.54) is 0 Å². The maximum atomic E-state index is 12.0. The van der Waals surface area contributed by atoms with Gasteiger partial charge in [-0.2, -0.15) is 4.98 Å². The normalized spacial score (nSPS) is 10.8. The summed E-state index contributed by atoms with van der Waals surface area (Å²) in [7, 11) is 1.75. The van der Waals surface area contributed by atoms with Crippen LogP contribution in [0.15, 0.2) is 53.3 Å². The van der Waals surface area contributed by atoms with E-state index in [1.54, 1.807) is 11.6 Å². The molecule has 0 unspecified atom stereocenters. The molecule has 19 heavy (non-hydrogen) atoms. The number of aromatic nitrogens is 2. The van der Waals surface area contributed by atoms with Gasteiger partial charge < -0.3 is 0 Å². The van der Waals surface area contributed by atoms with E-state index in [2.05, 4.69) is 33.6 Å². The second kappa shape index (κ2) is 4.77. The summed E-state index contributed by atoms with van der Waals surface area (Å²) in [6.07, 6.45) is 0. The van der Waals surface area contributed by atoms with Gasteiger partial charge >= 0.3 is 5.69 Å². The number of nitrogens with zero attached hydrogens (tertiary/aromatic N) is 2. The number of benzene rings is 2. The predicted molar refractivity (Wildman–Crippen MR) is 85.1 cm³/mol. The van der Waals surface area contributed by atoms with Gasteiger partial charge in [0, 0.05) is 21.6 Å². The predicted octanol–water partition coefficient (Wildman–Crippen LogP) is 3.21. The average Bonchev–Trinajstić information content (AvgIpc) is 2.43. The quantitative estimate of drug-likeness (QED) is 0.624. The van der Waals surface area contributed by atoms with Crippen molar-refractivity contribution in [3.05, 3.63) is 62.6 Å². The fraction of sp³-hybridized carbons (Fsp3) is 0.0667. The lowest BCUT2D eigenvalue weighted by molar-refractivity contribution is 0.855. The lowest BCUT2D eigenvalue weighted by atomic mass is 10.1. The molecule has 3 aromatic rings. The Labute approximate surface area is 124 Å². The van der Waals surface area contributed by atoms with Crippen molar-refractivity contribution >= 4 is 33.5 Å². The van der Waals surface area contributed by atoms with Crippen molar-refractivity contribution in [2.75, 3.05) is 0 Å². The molecule has 1 heterocycles. The molecular weight excluding hydrogens is 351 g/mol. The fourth-order valence-electron chi connectivity index (χ4n) is 2.14. The van der Waals surface area contributed by atoms with Crippen LogP contribution in [0.3, 0.4) is 0 Å². The highest BCUT2D eigenvalue weighted by atomic mass is 127. The van der Waals surface area contributed by atoms with E-state index >= 15 is 0 Å². The van der Waals surface area contributed by atoms with Gasteiger partial charge in [0.25, 0.3) is 0 Å². The molecule has 0 fully saturated rings. The zero-order valence-corrected chi connectivity index (χ0v) is 12.5. The first kappa shape index (κ1) is 12.3. The summed E-state index contributed by atoms with van der Waals surface area (Å²) in [6.45, 7) is 0. The molecule has 2 aromatic carbocycles. The van der Waals surface area contributed by atoms with Crippen LogP contribution in [-0.4, -0.2) is 9.55 Å². The largest absolute Gasteiger partial charge is 0.348 e. The van der Waals surface area contributed by atoms with E-state index in [0.29, 0.717) is 0 Å². The van der Waals surface area contributed by atoms with E-state index < -0.39 is 0 Å². The maximum absolute atomic E-state index is 12.0. The van der Waals surface area contributed by atoms with E-state index in [4.69, 9.17) is 0 Å². The first-order valence-corrected chi connectivity index (χ1v) is 6.96. The van der Waals surface area contributed by atoms with Crippen LogP contribution in [0.2, 0.25) is 0 Å². The zero-order valence-electron chi connectivity index (χ0n) is 10.3. The number of aryl methyl sites for hydroxylation is 1. The summed E-state index contributed by atoms with van der Waals surface area (Å²) in [4.78, 5) is 16.2. The van der Waals surface area contributed by atoms with Crippen LogP contribution >= 0.6 is 22.6 Å². The van der Waals surface area contributed by atoms with Crippen LogP contribution in [0.4, 0.5) is 0 Å². The molecule has 0 atom stereocenters. The van der Waals surface area contributed by atoms with Crippen molar-refractivity contribution < 1.29 is 0 Å². The fourth-order valence-corrected chi connectivity index (χ4v) is 2.63. The zero-order chi connectivity index (χ0) is 13.4. The van der Waals surface area contributed by atoms with Crippen LogP contribution in [0, 0.1) is 3.57 Å². The molecule has 0 aliphatic rings. The topological polar surface area (TPSA) is 34.9 Å². The lowest BCUT2D eigenvalue weighted by Crippen LogP contribution is -2.21. The Balaban J connectivity index is 2.45. The molecule has 0 aliphatic carbocycles. The summed E-state index contributed by atoms with van der Waals surface area (Å²) < 4.78 is 2.71. The SMILES string of the molecule is Cn1c(=O)nc(-c2ccccc2)c2cc(I)ccc21. The maximum Gasteiger partial charge on any atom is 0.348 e. The minimum absolute atomic E-state index is 0.229. The summed E-state index contributed by atoms with van der Waals surface area (Å²) in [5, 5.41) is 1.00. The van der Waals surface area contributed by atoms with Gasteiger partial charge in [0.15, 0.2) is 0 Å². The average molecular weight is 362 g/mol. The standard InChI is InChI=1S/C15H11IN2O/c1-18-13-8-7-11(16)9-12(13)14(17-15(18)19)10-5-3-2-4-6-10/h2-9H,1H3. The van der Waals surface area contributed by atoms with Crippen molar-refractivity contribution in [3.63, 3.8) is 0 Å². The summed E-state index contributed by atoms with van der Waals surface area (Å²) >= 11 is 2.27. The third-order valence-electron chi connectivity index (χ3n) is 3.12. The Morgan fingerprint density at radius 1 is 1.11 bits per heavy atom. The number of halogens is 1. The van der Waals surface area contributed by atoms with Gasteiger partial charge in [0.05, 0.1) is 11.2 Å². The van der Waals surface area contributed by atoms with E-state index in [9.17, 15) is 4.79 Å². The molecule has 3 rings (SSSR count). The van der Waals surface area contributed by atoms with Gasteiger partial charge in [-0.15, -0.1) is 0 Å². The van der Waals surface area contributed by atoms with E-state index in [-0.39, 0.29) is 5.69 Å². The Hall–Kier alpha value is -1.69. The minimum Gasteiger partial charge on any atom is -0.295 e. The molecule has 0 saturated carbocycles. The van der Waals surface area contributed by atoms with Gasteiger partial charge in [-0.05, 0) is 40.8 Å². The van der Waals surface area contributed by atoms with Gasteiger partial charge in [0.1, 0.15) is 0 Å². The van der Waals surface area contributed by atoms with Crippen LogP contribution in [-0.2, 0) is 7.05 Å².